The van der Waals surface area contributed by atoms with Gasteiger partial charge in [-0.25, -0.2) is 8.78 Å². The number of hydrogen-bond acceptors (Lipinski definition) is 2. The van der Waals surface area contributed by atoms with Gasteiger partial charge in [-0.05, 0) is 24.3 Å². The summed E-state index contributed by atoms with van der Waals surface area (Å²) in [6, 6.07) is 10.0. The van der Waals surface area contributed by atoms with Crippen molar-refractivity contribution in [1.82, 2.24) is 4.90 Å². The molecule has 22 heavy (non-hydrogen) atoms. The third kappa shape index (κ3) is 3.74. The monoisotopic (exact) mass is 325 g/mol. The Morgan fingerprint density at radius 1 is 1.14 bits per heavy atom. The highest BCUT2D eigenvalue weighted by Gasteiger charge is 2.19. The molecule has 2 aromatic carbocycles. The lowest BCUT2D eigenvalue weighted by molar-refractivity contribution is 0.0768. The van der Waals surface area contributed by atoms with Crippen molar-refractivity contribution in [3.8, 4) is 5.75 Å². The largest absolute Gasteiger partial charge is 0.489 e. The van der Waals surface area contributed by atoms with Crippen LogP contribution in [0, 0.1) is 11.6 Å². The standard InChI is InChI=1S/C16H14ClF2NO2/c1-20(9-10-22-14-8-3-2-6-12(14)18)16(21)15-11(17)5-4-7-13(15)19/h2-8H,9-10H2,1H3. The summed E-state index contributed by atoms with van der Waals surface area (Å²) in [6.45, 7) is 0.243. The first kappa shape index (κ1) is 16.2. The smallest absolute Gasteiger partial charge is 0.258 e. The zero-order chi connectivity index (χ0) is 16.1. The van der Waals surface area contributed by atoms with E-state index in [2.05, 4.69) is 0 Å². The normalized spacial score (nSPS) is 10.4. The number of ether oxygens (including phenoxy) is 1. The molecule has 0 aromatic heterocycles. The van der Waals surface area contributed by atoms with E-state index in [-0.39, 0.29) is 29.5 Å². The minimum absolute atomic E-state index is 0.0480. The van der Waals surface area contributed by atoms with E-state index < -0.39 is 17.5 Å². The van der Waals surface area contributed by atoms with Crippen LogP contribution in [0.5, 0.6) is 5.75 Å². The van der Waals surface area contributed by atoms with Crippen molar-refractivity contribution >= 4 is 17.5 Å². The molecule has 0 heterocycles. The van der Waals surface area contributed by atoms with E-state index in [1.54, 1.807) is 12.1 Å². The molecule has 0 N–H and O–H groups in total. The third-order valence-electron chi connectivity index (χ3n) is 3.04. The minimum Gasteiger partial charge on any atom is -0.489 e. The molecule has 6 heteroatoms. The van der Waals surface area contributed by atoms with Crippen molar-refractivity contribution in [3.63, 3.8) is 0 Å². The lowest BCUT2D eigenvalue weighted by atomic mass is 10.2. The number of likely N-dealkylation sites (N-methyl/N-ethyl adjacent to an activating group) is 1. The van der Waals surface area contributed by atoms with E-state index in [1.165, 1.54) is 42.3 Å². The van der Waals surface area contributed by atoms with Crippen LogP contribution in [0.25, 0.3) is 0 Å². The van der Waals surface area contributed by atoms with Crippen LogP contribution in [0.1, 0.15) is 10.4 Å². The van der Waals surface area contributed by atoms with Gasteiger partial charge in [0.25, 0.3) is 5.91 Å². The van der Waals surface area contributed by atoms with Crippen LogP contribution < -0.4 is 4.74 Å². The van der Waals surface area contributed by atoms with E-state index in [9.17, 15) is 13.6 Å². The van der Waals surface area contributed by atoms with Gasteiger partial charge in [-0.3, -0.25) is 4.79 Å². The maximum atomic E-state index is 13.7. The van der Waals surface area contributed by atoms with Gasteiger partial charge in [0.15, 0.2) is 11.6 Å². The Morgan fingerprint density at radius 2 is 1.82 bits per heavy atom. The highest BCUT2D eigenvalue weighted by atomic mass is 35.5. The van der Waals surface area contributed by atoms with E-state index in [0.717, 1.165) is 0 Å². The summed E-state index contributed by atoms with van der Waals surface area (Å²) in [6.07, 6.45) is 0. The molecule has 2 rings (SSSR count). The predicted octanol–water partition coefficient (Wildman–Crippen LogP) is 3.77. The molecule has 0 radical (unpaired) electrons. The van der Waals surface area contributed by atoms with E-state index in [1.807, 2.05) is 0 Å². The molecular formula is C16H14ClF2NO2. The number of halogens is 3. The molecule has 0 aliphatic carbocycles. The van der Waals surface area contributed by atoms with Crippen LogP contribution in [-0.2, 0) is 0 Å². The predicted molar refractivity (Wildman–Crippen MR) is 80.3 cm³/mol. The molecular weight excluding hydrogens is 312 g/mol. The van der Waals surface area contributed by atoms with E-state index in [0.29, 0.717) is 0 Å². The summed E-state index contributed by atoms with van der Waals surface area (Å²) in [5.41, 5.74) is -0.183. The summed E-state index contributed by atoms with van der Waals surface area (Å²) in [4.78, 5) is 13.4. The van der Waals surface area contributed by atoms with Gasteiger partial charge in [0.1, 0.15) is 12.4 Å². The molecule has 116 valence electrons. The molecule has 0 saturated carbocycles. The van der Waals surface area contributed by atoms with Crippen molar-refractivity contribution in [1.29, 1.82) is 0 Å². The summed E-state index contributed by atoms with van der Waals surface area (Å²) in [5.74, 6) is -1.61. The second kappa shape index (κ2) is 7.22. The zero-order valence-corrected chi connectivity index (χ0v) is 12.6. The minimum atomic E-state index is -0.681. The number of nitrogens with zero attached hydrogens (tertiary/aromatic N) is 1. The van der Waals surface area contributed by atoms with Gasteiger partial charge in [0.2, 0.25) is 0 Å². The number of amides is 1. The van der Waals surface area contributed by atoms with Crippen LogP contribution >= 0.6 is 11.6 Å². The molecule has 0 aliphatic heterocycles. The van der Waals surface area contributed by atoms with Crippen molar-refractivity contribution < 1.29 is 18.3 Å². The fourth-order valence-corrected chi connectivity index (χ4v) is 2.09. The Morgan fingerprint density at radius 3 is 2.50 bits per heavy atom. The second-order valence-corrected chi connectivity index (χ2v) is 5.01. The number of hydrogen-bond donors (Lipinski definition) is 0. The van der Waals surface area contributed by atoms with Gasteiger partial charge in [-0.2, -0.15) is 0 Å². The molecule has 3 nitrogen and oxygen atoms in total. The number of para-hydroxylation sites is 1. The molecule has 0 aliphatic rings. The Hall–Kier alpha value is -2.14. The number of rotatable bonds is 5. The molecule has 2 aromatic rings. The summed E-state index contributed by atoms with van der Waals surface area (Å²) < 4.78 is 32.3. The molecule has 0 saturated heterocycles. The fourth-order valence-electron chi connectivity index (χ4n) is 1.85. The number of benzene rings is 2. The Balaban J connectivity index is 1.96. The first-order valence-electron chi connectivity index (χ1n) is 6.57. The maximum absolute atomic E-state index is 13.7. The highest BCUT2D eigenvalue weighted by Crippen LogP contribution is 2.20. The van der Waals surface area contributed by atoms with Crippen molar-refractivity contribution in [2.75, 3.05) is 20.2 Å². The lowest BCUT2D eigenvalue weighted by Crippen LogP contribution is -2.31. The van der Waals surface area contributed by atoms with E-state index in [4.69, 9.17) is 16.3 Å². The number of carbonyl (C=O) groups is 1. The van der Waals surface area contributed by atoms with Crippen LogP contribution in [0.3, 0.4) is 0 Å². The Labute approximate surface area is 132 Å². The first-order valence-corrected chi connectivity index (χ1v) is 6.95. The molecule has 1 amide bonds. The van der Waals surface area contributed by atoms with Crippen LogP contribution in [0.2, 0.25) is 5.02 Å². The first-order chi connectivity index (χ1) is 10.5. The maximum Gasteiger partial charge on any atom is 0.258 e. The van der Waals surface area contributed by atoms with Gasteiger partial charge in [0, 0.05) is 7.05 Å². The Bertz CT molecular complexity index is 659. The third-order valence-corrected chi connectivity index (χ3v) is 3.36. The van der Waals surface area contributed by atoms with Crippen molar-refractivity contribution in [3.05, 3.63) is 64.7 Å². The van der Waals surface area contributed by atoms with Crippen molar-refractivity contribution in [2.45, 2.75) is 0 Å². The van der Waals surface area contributed by atoms with Gasteiger partial charge in [-0.15, -0.1) is 0 Å². The van der Waals surface area contributed by atoms with Gasteiger partial charge in [0.05, 0.1) is 17.1 Å². The van der Waals surface area contributed by atoms with Gasteiger partial charge >= 0.3 is 0 Å². The summed E-state index contributed by atoms with van der Waals surface area (Å²) >= 11 is 5.85. The van der Waals surface area contributed by atoms with E-state index >= 15 is 0 Å². The second-order valence-electron chi connectivity index (χ2n) is 4.60. The molecule has 0 bridgehead atoms. The molecule has 0 unspecified atom stereocenters. The van der Waals surface area contributed by atoms with Gasteiger partial charge in [-0.1, -0.05) is 29.8 Å². The summed E-state index contributed by atoms with van der Waals surface area (Å²) in [7, 11) is 1.50. The fraction of sp³-hybridized carbons (Fsp3) is 0.188. The van der Waals surface area contributed by atoms with Crippen LogP contribution in [0.15, 0.2) is 42.5 Å². The topological polar surface area (TPSA) is 29.5 Å². The molecule has 0 fully saturated rings. The zero-order valence-electron chi connectivity index (χ0n) is 11.9. The Kier molecular flexibility index (Phi) is 5.33. The van der Waals surface area contributed by atoms with Gasteiger partial charge < -0.3 is 9.64 Å². The van der Waals surface area contributed by atoms with Crippen LogP contribution in [0.4, 0.5) is 8.78 Å². The quantitative estimate of drug-likeness (QED) is 0.837. The summed E-state index contributed by atoms with van der Waals surface area (Å²) in [5, 5.41) is 0.0480. The highest BCUT2D eigenvalue weighted by molar-refractivity contribution is 6.33. The number of carbonyl (C=O) groups excluding carboxylic acids is 1. The average Bonchev–Trinajstić information content (AvgIpc) is 2.48. The average molecular weight is 326 g/mol. The SMILES string of the molecule is CN(CCOc1ccccc1F)C(=O)c1c(F)cccc1Cl. The molecule has 0 atom stereocenters. The van der Waals surface area contributed by atoms with Crippen molar-refractivity contribution in [2.24, 2.45) is 0 Å². The lowest BCUT2D eigenvalue weighted by Gasteiger charge is -2.18. The molecule has 0 spiro atoms. The van der Waals surface area contributed by atoms with Crippen LogP contribution in [-0.4, -0.2) is 31.0 Å².